The fourth-order valence-electron chi connectivity index (χ4n) is 1.37. The van der Waals surface area contributed by atoms with Gasteiger partial charge in [0.15, 0.2) is 0 Å². The van der Waals surface area contributed by atoms with E-state index < -0.39 is 0 Å². The summed E-state index contributed by atoms with van der Waals surface area (Å²) in [5.41, 5.74) is 0.000000000000000222. The summed E-state index contributed by atoms with van der Waals surface area (Å²) in [5.74, 6) is 0.583. The molecule has 2 rings (SSSR count). The van der Waals surface area contributed by atoms with Gasteiger partial charge in [-0.15, -0.1) is 0 Å². The molecule has 8 heavy (non-hydrogen) atoms. The van der Waals surface area contributed by atoms with Crippen molar-refractivity contribution in [3.05, 3.63) is 0 Å². The first-order valence-electron chi connectivity index (χ1n) is 2.91. The molecule has 1 saturated carbocycles. The molecule has 0 unspecified atom stereocenters. The minimum atomic E-state index is 0.000000000000000222. The Morgan fingerprint density at radius 3 is 2.88 bits per heavy atom. The quantitative estimate of drug-likeness (QED) is 0.453. The fourth-order valence-corrected chi connectivity index (χ4v) is 1.37. The van der Waals surface area contributed by atoms with Gasteiger partial charge in [0.05, 0.1) is 18.6 Å². The summed E-state index contributed by atoms with van der Waals surface area (Å²) in [7, 11) is 0. The maximum atomic E-state index is 10.3. The van der Waals surface area contributed by atoms with Gasteiger partial charge >= 0.3 is 0 Å². The molecule has 1 heterocycles. The van der Waals surface area contributed by atoms with E-state index in [1.165, 1.54) is 0 Å². The highest BCUT2D eigenvalue weighted by Gasteiger charge is 2.58. The van der Waals surface area contributed by atoms with Crippen molar-refractivity contribution in [3.8, 4) is 0 Å². The Morgan fingerprint density at radius 1 is 1.75 bits per heavy atom. The molecule has 1 saturated heterocycles. The van der Waals surface area contributed by atoms with Crippen LogP contribution in [0, 0.1) is 11.3 Å². The first kappa shape index (κ1) is 4.50. The van der Waals surface area contributed by atoms with Crippen molar-refractivity contribution in [1.82, 2.24) is 0 Å². The number of hydrogen-bond acceptors (Lipinski definition) is 2. The van der Waals surface area contributed by atoms with Crippen LogP contribution in [0.3, 0.4) is 0 Å². The van der Waals surface area contributed by atoms with E-state index in [1.54, 1.807) is 0 Å². The maximum Gasteiger partial charge on any atom is 0.128 e. The van der Waals surface area contributed by atoms with Crippen LogP contribution < -0.4 is 0 Å². The summed E-state index contributed by atoms with van der Waals surface area (Å²) in [6, 6.07) is 0. The maximum absolute atomic E-state index is 10.3. The fraction of sp³-hybridized carbons (Fsp3) is 0.833. The number of carbonyl (C=O) groups excluding carboxylic acids is 1. The summed E-state index contributed by atoms with van der Waals surface area (Å²) in [4.78, 5) is 10.3. The van der Waals surface area contributed by atoms with Gasteiger partial charge in [0, 0.05) is 0 Å². The highest BCUT2D eigenvalue weighted by molar-refractivity contribution is 5.65. The number of ether oxygens (including phenoxy) is 1. The zero-order chi connectivity index (χ0) is 5.61. The minimum Gasteiger partial charge on any atom is -0.380 e. The van der Waals surface area contributed by atoms with Crippen molar-refractivity contribution in [2.24, 2.45) is 11.3 Å². The summed E-state index contributed by atoms with van der Waals surface area (Å²) in [5, 5.41) is 0. The molecule has 2 heteroatoms. The first-order chi connectivity index (χ1) is 3.87. The largest absolute Gasteiger partial charge is 0.380 e. The van der Waals surface area contributed by atoms with Gasteiger partial charge in [0.25, 0.3) is 0 Å². The van der Waals surface area contributed by atoms with Crippen LogP contribution in [0.25, 0.3) is 0 Å². The molecule has 44 valence electrons. The highest BCUT2D eigenvalue weighted by atomic mass is 16.5. The molecular weight excluding hydrogens is 104 g/mol. The Labute approximate surface area is 47.8 Å². The molecule has 2 nitrogen and oxygen atoms in total. The van der Waals surface area contributed by atoms with Gasteiger partial charge in [0.1, 0.15) is 6.29 Å². The van der Waals surface area contributed by atoms with Crippen LogP contribution in [0.4, 0.5) is 0 Å². The van der Waals surface area contributed by atoms with E-state index in [9.17, 15) is 4.79 Å². The molecule has 0 aromatic carbocycles. The van der Waals surface area contributed by atoms with Gasteiger partial charge in [0.2, 0.25) is 0 Å². The molecule has 1 aliphatic heterocycles. The predicted molar refractivity (Wildman–Crippen MR) is 27.4 cm³/mol. The molecule has 0 amide bonds. The summed E-state index contributed by atoms with van der Waals surface area (Å²) in [6.07, 6.45) is 2.14. The van der Waals surface area contributed by atoms with Crippen molar-refractivity contribution in [2.45, 2.75) is 6.42 Å². The van der Waals surface area contributed by atoms with E-state index in [0.29, 0.717) is 12.5 Å². The zero-order valence-corrected chi connectivity index (χ0v) is 4.59. The smallest absolute Gasteiger partial charge is 0.128 e. The van der Waals surface area contributed by atoms with Crippen molar-refractivity contribution in [3.63, 3.8) is 0 Å². The van der Waals surface area contributed by atoms with Gasteiger partial charge in [-0.2, -0.15) is 0 Å². The molecule has 2 aliphatic rings. The van der Waals surface area contributed by atoms with Crippen molar-refractivity contribution in [1.29, 1.82) is 0 Å². The minimum absolute atomic E-state index is 0.000000000000000222. The predicted octanol–water partition coefficient (Wildman–Crippen LogP) is 0.222. The van der Waals surface area contributed by atoms with Crippen LogP contribution in [0.1, 0.15) is 6.42 Å². The van der Waals surface area contributed by atoms with Gasteiger partial charge in [-0.1, -0.05) is 0 Å². The second kappa shape index (κ2) is 1.13. The van der Waals surface area contributed by atoms with Crippen LogP contribution in [0.2, 0.25) is 0 Å². The molecule has 0 spiro atoms. The second-order valence-corrected chi connectivity index (χ2v) is 2.77. The van der Waals surface area contributed by atoms with Gasteiger partial charge in [-0.3, -0.25) is 0 Å². The standard InChI is InChI=1S/C6H8O2/c7-3-6-1-5(6)2-8-4-6/h3,5H,1-2,4H2/t5-,6+/m0/s1. The first-order valence-corrected chi connectivity index (χ1v) is 2.91. The van der Waals surface area contributed by atoms with Crippen LogP contribution in [-0.4, -0.2) is 19.5 Å². The topological polar surface area (TPSA) is 26.3 Å². The van der Waals surface area contributed by atoms with Crippen molar-refractivity contribution in [2.75, 3.05) is 13.2 Å². The molecule has 1 aliphatic carbocycles. The summed E-state index contributed by atoms with van der Waals surface area (Å²) < 4.78 is 5.07. The van der Waals surface area contributed by atoms with Crippen molar-refractivity contribution >= 4 is 6.29 Å². The van der Waals surface area contributed by atoms with Gasteiger partial charge < -0.3 is 9.53 Å². The molecule has 2 atom stereocenters. The summed E-state index contributed by atoms with van der Waals surface area (Å²) in [6.45, 7) is 1.50. The molecule has 0 aromatic heterocycles. The number of hydrogen-bond donors (Lipinski definition) is 0. The van der Waals surface area contributed by atoms with E-state index in [0.717, 1.165) is 19.3 Å². The number of fused-ring (bicyclic) bond motifs is 1. The number of rotatable bonds is 1. The lowest BCUT2D eigenvalue weighted by molar-refractivity contribution is -0.112. The highest BCUT2D eigenvalue weighted by Crippen LogP contribution is 2.54. The Balaban J connectivity index is 2.18. The van der Waals surface area contributed by atoms with Gasteiger partial charge in [-0.25, -0.2) is 0 Å². The van der Waals surface area contributed by atoms with E-state index in [2.05, 4.69) is 0 Å². The number of carbonyl (C=O) groups is 1. The SMILES string of the molecule is O=C[C@]12COC[C@@H]1C2. The molecule has 0 radical (unpaired) electrons. The average Bonchev–Trinajstić information content (AvgIpc) is 2.38. The van der Waals surface area contributed by atoms with Crippen LogP contribution in [0.15, 0.2) is 0 Å². The third-order valence-corrected chi connectivity index (χ3v) is 2.20. The number of aldehydes is 1. The Morgan fingerprint density at radius 2 is 2.62 bits per heavy atom. The van der Waals surface area contributed by atoms with Gasteiger partial charge in [-0.05, 0) is 12.3 Å². The normalized spacial score (nSPS) is 50.8. The Bertz CT molecular complexity index is 132. The molecular formula is C6H8O2. The summed E-state index contributed by atoms with van der Waals surface area (Å²) >= 11 is 0. The van der Waals surface area contributed by atoms with Crippen molar-refractivity contribution < 1.29 is 9.53 Å². The van der Waals surface area contributed by atoms with E-state index in [1.807, 2.05) is 0 Å². The average molecular weight is 112 g/mol. The van der Waals surface area contributed by atoms with Crippen LogP contribution in [-0.2, 0) is 9.53 Å². The van der Waals surface area contributed by atoms with Crippen LogP contribution in [0.5, 0.6) is 0 Å². The molecule has 0 aromatic rings. The Kier molecular flexibility index (Phi) is 0.637. The monoisotopic (exact) mass is 112 g/mol. The van der Waals surface area contributed by atoms with E-state index in [4.69, 9.17) is 4.74 Å². The zero-order valence-electron chi connectivity index (χ0n) is 4.59. The second-order valence-electron chi connectivity index (χ2n) is 2.77. The lowest BCUT2D eigenvalue weighted by atomic mass is 10.1. The molecule has 2 fully saturated rings. The van der Waals surface area contributed by atoms with E-state index in [-0.39, 0.29) is 5.41 Å². The Hall–Kier alpha value is -0.370. The third kappa shape index (κ3) is 0.348. The lowest BCUT2D eigenvalue weighted by Gasteiger charge is -1.95. The third-order valence-electron chi connectivity index (χ3n) is 2.20. The van der Waals surface area contributed by atoms with E-state index >= 15 is 0 Å². The van der Waals surface area contributed by atoms with Crippen LogP contribution >= 0.6 is 0 Å². The lowest BCUT2D eigenvalue weighted by Crippen LogP contribution is -2.05. The molecule has 0 bridgehead atoms. The molecule has 0 N–H and O–H groups in total.